The second-order valence-corrected chi connectivity index (χ2v) is 2.00. The predicted molar refractivity (Wildman–Crippen MR) is 32.8 cm³/mol. The molecule has 0 saturated heterocycles. The molecule has 0 bridgehead atoms. The van der Waals surface area contributed by atoms with Gasteiger partial charge in [-0.1, -0.05) is 6.92 Å². The third kappa shape index (κ3) is 2.41. The van der Waals surface area contributed by atoms with Gasteiger partial charge < -0.3 is 5.11 Å². The van der Waals surface area contributed by atoms with E-state index in [1.54, 1.807) is 6.92 Å². The highest BCUT2D eigenvalue weighted by molar-refractivity contribution is 4.59. The lowest BCUT2D eigenvalue weighted by Crippen LogP contribution is -2.30. The van der Waals surface area contributed by atoms with Crippen molar-refractivity contribution in [3.8, 4) is 0 Å². The Morgan fingerprint density at radius 1 is 1.78 bits per heavy atom. The molecule has 0 rings (SSSR count). The topological polar surface area (TPSA) is 63.4 Å². The van der Waals surface area contributed by atoms with E-state index in [0.29, 0.717) is 6.42 Å². The van der Waals surface area contributed by atoms with Crippen molar-refractivity contribution in [1.29, 1.82) is 0 Å². The van der Waals surface area contributed by atoms with Crippen LogP contribution >= 0.6 is 0 Å². The third-order valence-electron chi connectivity index (χ3n) is 1.25. The van der Waals surface area contributed by atoms with Gasteiger partial charge >= 0.3 is 0 Å². The van der Waals surface area contributed by atoms with E-state index in [-0.39, 0.29) is 0 Å². The van der Waals surface area contributed by atoms with E-state index in [2.05, 4.69) is 0 Å². The molecule has 0 radical (unpaired) electrons. The maximum Gasteiger partial charge on any atom is 0.238 e. The van der Waals surface area contributed by atoms with Crippen molar-refractivity contribution in [1.82, 2.24) is 0 Å². The summed E-state index contributed by atoms with van der Waals surface area (Å²) >= 11 is 0. The zero-order chi connectivity index (χ0) is 7.44. The first kappa shape index (κ1) is 8.36. The van der Waals surface area contributed by atoms with Crippen LogP contribution in [0, 0.1) is 10.1 Å². The number of aliphatic hydroxyl groups is 1. The molecule has 0 heterocycles. The fraction of sp³-hybridized carbons (Fsp3) is 1.00. The summed E-state index contributed by atoms with van der Waals surface area (Å²) in [7, 11) is 0. The van der Waals surface area contributed by atoms with E-state index in [1.165, 1.54) is 6.92 Å². The van der Waals surface area contributed by atoms with Gasteiger partial charge in [0.05, 0.1) is 0 Å². The van der Waals surface area contributed by atoms with Gasteiger partial charge in [0.25, 0.3) is 0 Å². The smallest absolute Gasteiger partial charge is 0.238 e. The van der Waals surface area contributed by atoms with Crippen molar-refractivity contribution >= 4 is 0 Å². The minimum absolute atomic E-state index is 0.380. The van der Waals surface area contributed by atoms with Crippen LogP contribution in [0.5, 0.6) is 0 Å². The minimum atomic E-state index is -0.843. The second-order valence-electron chi connectivity index (χ2n) is 2.00. The summed E-state index contributed by atoms with van der Waals surface area (Å²) in [6.45, 7) is 3.11. The number of nitrogens with zero attached hydrogens (tertiary/aromatic N) is 1. The molecule has 0 aliphatic carbocycles. The molecule has 1 unspecified atom stereocenters. The van der Waals surface area contributed by atoms with Crippen molar-refractivity contribution in [3.63, 3.8) is 0 Å². The van der Waals surface area contributed by atoms with Gasteiger partial charge in [-0.25, -0.2) is 0 Å². The Hall–Kier alpha value is -0.640. The molecule has 0 saturated carbocycles. The van der Waals surface area contributed by atoms with Crippen LogP contribution in [0.2, 0.25) is 0 Å². The van der Waals surface area contributed by atoms with Gasteiger partial charge in [-0.05, 0) is 6.92 Å². The molecular formula is C5H11NO3. The van der Waals surface area contributed by atoms with Crippen LogP contribution in [0.4, 0.5) is 0 Å². The van der Waals surface area contributed by atoms with E-state index in [9.17, 15) is 10.1 Å². The van der Waals surface area contributed by atoms with E-state index in [0.717, 1.165) is 0 Å². The molecular weight excluding hydrogens is 122 g/mol. The van der Waals surface area contributed by atoms with Crippen molar-refractivity contribution in [2.24, 2.45) is 0 Å². The van der Waals surface area contributed by atoms with Gasteiger partial charge in [-0.2, -0.15) is 0 Å². The van der Waals surface area contributed by atoms with Gasteiger partial charge in [0, 0.05) is 11.3 Å². The van der Waals surface area contributed by atoms with Crippen LogP contribution in [0.1, 0.15) is 20.3 Å². The highest BCUT2D eigenvalue weighted by Crippen LogP contribution is 2.00. The average molecular weight is 133 g/mol. The normalized spacial score (nSPS) is 16.8. The Labute approximate surface area is 53.6 Å². The zero-order valence-electron chi connectivity index (χ0n) is 5.57. The number of rotatable bonds is 3. The monoisotopic (exact) mass is 133 g/mol. The summed E-state index contributed by atoms with van der Waals surface area (Å²) in [4.78, 5) is 9.56. The van der Waals surface area contributed by atoms with Crippen LogP contribution in [0.3, 0.4) is 0 Å². The Kier molecular flexibility index (Phi) is 3.16. The van der Waals surface area contributed by atoms with Crippen LogP contribution in [-0.2, 0) is 0 Å². The van der Waals surface area contributed by atoms with Gasteiger partial charge in [-0.15, -0.1) is 0 Å². The molecule has 0 amide bonds. The highest BCUT2D eigenvalue weighted by atomic mass is 16.6. The Morgan fingerprint density at radius 2 is 2.22 bits per heavy atom. The zero-order valence-corrected chi connectivity index (χ0v) is 5.57. The van der Waals surface area contributed by atoms with Crippen molar-refractivity contribution in [2.45, 2.75) is 32.4 Å². The lowest BCUT2D eigenvalue weighted by molar-refractivity contribution is -0.533. The molecule has 0 spiro atoms. The van der Waals surface area contributed by atoms with Crippen LogP contribution < -0.4 is 0 Å². The molecule has 0 fully saturated rings. The summed E-state index contributed by atoms with van der Waals surface area (Å²) in [5, 5.41) is 18.8. The summed E-state index contributed by atoms with van der Waals surface area (Å²) in [5.41, 5.74) is 0. The van der Waals surface area contributed by atoms with Crippen molar-refractivity contribution in [3.05, 3.63) is 10.1 Å². The largest absolute Gasteiger partial charge is 0.386 e. The Balaban J connectivity index is 3.83. The first-order chi connectivity index (χ1) is 4.09. The lowest BCUT2D eigenvalue weighted by Gasteiger charge is -2.07. The third-order valence-corrected chi connectivity index (χ3v) is 1.25. The molecule has 0 aromatic carbocycles. The predicted octanol–water partition coefficient (Wildman–Crippen LogP) is 0.422. The van der Waals surface area contributed by atoms with Crippen molar-refractivity contribution in [2.75, 3.05) is 0 Å². The maximum absolute atomic E-state index is 10.0. The average Bonchev–Trinajstić information content (AvgIpc) is 1.64. The fourth-order valence-electron chi connectivity index (χ4n) is 0.666. The number of hydrogen-bond acceptors (Lipinski definition) is 3. The molecule has 9 heavy (non-hydrogen) atoms. The first-order valence-electron chi connectivity index (χ1n) is 2.91. The van der Waals surface area contributed by atoms with Gasteiger partial charge in [0.15, 0.2) is 0 Å². The first-order valence-corrected chi connectivity index (χ1v) is 2.91. The van der Waals surface area contributed by atoms with E-state index < -0.39 is 17.1 Å². The summed E-state index contributed by atoms with van der Waals surface area (Å²) in [6.07, 6.45) is -0.463. The van der Waals surface area contributed by atoms with Crippen LogP contribution in [0.15, 0.2) is 0 Å². The molecule has 2 atom stereocenters. The van der Waals surface area contributed by atoms with Crippen molar-refractivity contribution < 1.29 is 10.0 Å². The standard InChI is InChI=1S/C5H11NO3/c1-3-5(4(2)7)6(8)9/h4-5,7H,3H2,1-2H3/t4-,5?/m1/s1. The van der Waals surface area contributed by atoms with E-state index in [4.69, 9.17) is 5.11 Å². The maximum atomic E-state index is 10.0. The Bertz CT molecular complexity index is 102. The second kappa shape index (κ2) is 3.40. The highest BCUT2D eigenvalue weighted by Gasteiger charge is 2.22. The molecule has 0 aromatic rings. The minimum Gasteiger partial charge on any atom is -0.386 e. The van der Waals surface area contributed by atoms with Gasteiger partial charge in [-0.3, -0.25) is 10.1 Å². The van der Waals surface area contributed by atoms with Gasteiger partial charge in [0.2, 0.25) is 6.04 Å². The fourth-order valence-corrected chi connectivity index (χ4v) is 0.666. The number of nitro groups is 1. The molecule has 0 aliphatic heterocycles. The molecule has 54 valence electrons. The van der Waals surface area contributed by atoms with E-state index in [1.807, 2.05) is 0 Å². The Morgan fingerprint density at radius 3 is 2.22 bits per heavy atom. The SMILES string of the molecule is CCC([C@@H](C)O)[N+](=O)[O-]. The molecule has 0 aliphatic rings. The molecule has 4 nitrogen and oxygen atoms in total. The molecule has 4 heteroatoms. The van der Waals surface area contributed by atoms with Gasteiger partial charge in [0.1, 0.15) is 6.10 Å². The molecule has 1 N–H and O–H groups in total. The quantitative estimate of drug-likeness (QED) is 0.448. The number of aliphatic hydroxyl groups excluding tert-OH is 1. The lowest BCUT2D eigenvalue weighted by atomic mass is 10.1. The summed E-state index contributed by atoms with van der Waals surface area (Å²) < 4.78 is 0. The van der Waals surface area contributed by atoms with Crippen LogP contribution in [-0.4, -0.2) is 22.2 Å². The molecule has 0 aromatic heterocycles. The summed E-state index contributed by atoms with van der Waals surface area (Å²) in [6, 6.07) is -0.801. The number of hydrogen-bond donors (Lipinski definition) is 1. The van der Waals surface area contributed by atoms with Crippen LogP contribution in [0.25, 0.3) is 0 Å². The van der Waals surface area contributed by atoms with E-state index >= 15 is 0 Å². The summed E-state index contributed by atoms with van der Waals surface area (Å²) in [5.74, 6) is 0.